The van der Waals surface area contributed by atoms with Gasteiger partial charge < -0.3 is 18.9 Å². The molecule has 5 aromatic rings. The van der Waals surface area contributed by atoms with Crippen molar-refractivity contribution >= 4 is 10.9 Å². The Bertz CT molecular complexity index is 1880. The normalized spacial score (nSPS) is 14.0. The largest absolute Gasteiger partial charge is 0.488 e. The fourth-order valence-corrected chi connectivity index (χ4v) is 5.23. The minimum Gasteiger partial charge on any atom is -0.488 e. The van der Waals surface area contributed by atoms with Crippen LogP contribution in [0.2, 0.25) is 0 Å². The maximum Gasteiger partial charge on any atom is 0.418 e. The van der Waals surface area contributed by atoms with Crippen LogP contribution in [0.15, 0.2) is 67.0 Å². The Morgan fingerprint density at radius 1 is 0.891 bits per heavy atom. The highest BCUT2D eigenvalue weighted by atomic mass is 19.4. The molecule has 0 N–H and O–H groups in total. The number of rotatable bonds is 8. The van der Waals surface area contributed by atoms with Crippen molar-refractivity contribution in [2.45, 2.75) is 45.6 Å². The Balaban J connectivity index is 1.53. The van der Waals surface area contributed by atoms with Crippen molar-refractivity contribution in [3.63, 3.8) is 0 Å². The van der Waals surface area contributed by atoms with Crippen molar-refractivity contribution in [1.29, 1.82) is 0 Å². The predicted molar refractivity (Wildman–Crippen MR) is 159 cm³/mol. The van der Waals surface area contributed by atoms with Gasteiger partial charge in [0.25, 0.3) is 0 Å². The van der Waals surface area contributed by atoms with Gasteiger partial charge in [-0.05, 0) is 43.2 Å². The quantitative estimate of drug-likeness (QED) is 0.158. The zero-order valence-corrected chi connectivity index (χ0v) is 24.8. The highest BCUT2D eigenvalue weighted by Gasteiger charge is 2.36. The molecular weight excluding hydrogens is 609 g/mol. The zero-order chi connectivity index (χ0) is 32.4. The molecule has 0 radical (unpaired) electrons. The average Bonchev–Trinajstić information content (AvgIpc) is 3.04. The first-order chi connectivity index (χ1) is 22.1. The molecule has 238 valence electrons. The van der Waals surface area contributed by atoms with Crippen LogP contribution in [0.25, 0.3) is 22.2 Å². The molecule has 0 aliphatic carbocycles. The summed E-state index contributed by atoms with van der Waals surface area (Å²) in [5, 5.41) is 0.435. The van der Waals surface area contributed by atoms with Gasteiger partial charge in [0.15, 0.2) is 11.6 Å². The highest BCUT2D eigenvalue weighted by Crippen LogP contribution is 2.44. The molecule has 12 heteroatoms. The first-order valence-electron chi connectivity index (χ1n) is 14.5. The van der Waals surface area contributed by atoms with E-state index in [1.54, 1.807) is 6.07 Å². The SMILES string of the molecule is Cc1c(Oc2ncc(C(F)(F)F)c(C)c2-c2cc(OCc3ccccc3)c3c(OC4CCOCC4)nccc3n2)ccc(F)c1F. The lowest BCUT2D eigenvalue weighted by molar-refractivity contribution is -0.138. The Labute approximate surface area is 261 Å². The summed E-state index contributed by atoms with van der Waals surface area (Å²) < 4.78 is 94.5. The zero-order valence-electron chi connectivity index (χ0n) is 24.8. The van der Waals surface area contributed by atoms with E-state index in [0.717, 1.165) is 11.6 Å². The first kappa shape index (κ1) is 31.2. The molecule has 1 aliphatic rings. The van der Waals surface area contributed by atoms with Crippen molar-refractivity contribution < 1.29 is 40.9 Å². The molecule has 6 rings (SSSR count). The second kappa shape index (κ2) is 12.9. The minimum atomic E-state index is -4.75. The van der Waals surface area contributed by atoms with Gasteiger partial charge in [-0.25, -0.2) is 23.7 Å². The summed E-state index contributed by atoms with van der Waals surface area (Å²) >= 11 is 0. The molecule has 0 unspecified atom stereocenters. The van der Waals surface area contributed by atoms with Gasteiger partial charge in [0.2, 0.25) is 11.8 Å². The van der Waals surface area contributed by atoms with E-state index < -0.39 is 23.4 Å². The fourth-order valence-electron chi connectivity index (χ4n) is 5.23. The molecule has 2 aromatic carbocycles. The van der Waals surface area contributed by atoms with Crippen molar-refractivity contribution in [2.24, 2.45) is 0 Å². The van der Waals surface area contributed by atoms with E-state index in [0.29, 0.717) is 43.2 Å². The van der Waals surface area contributed by atoms with Crippen LogP contribution in [-0.4, -0.2) is 34.3 Å². The number of aromatic nitrogens is 3. The highest BCUT2D eigenvalue weighted by molar-refractivity contribution is 5.92. The molecule has 0 bridgehead atoms. The lowest BCUT2D eigenvalue weighted by atomic mass is 10.0. The molecule has 0 atom stereocenters. The molecular formula is C34H28F5N3O4. The summed E-state index contributed by atoms with van der Waals surface area (Å²) in [5.41, 5.74) is -0.289. The lowest BCUT2D eigenvalue weighted by Gasteiger charge is -2.24. The van der Waals surface area contributed by atoms with Crippen LogP contribution in [0.4, 0.5) is 22.0 Å². The van der Waals surface area contributed by atoms with E-state index in [1.165, 1.54) is 32.2 Å². The molecule has 1 aliphatic heterocycles. The number of halogens is 5. The van der Waals surface area contributed by atoms with Crippen molar-refractivity contribution in [2.75, 3.05) is 13.2 Å². The number of nitrogens with zero attached hydrogens (tertiary/aromatic N) is 3. The number of alkyl halides is 3. The molecule has 0 saturated carbocycles. The maximum absolute atomic E-state index is 14.4. The number of hydrogen-bond acceptors (Lipinski definition) is 7. The van der Waals surface area contributed by atoms with Crippen LogP contribution < -0.4 is 14.2 Å². The third-order valence-electron chi connectivity index (χ3n) is 7.69. The van der Waals surface area contributed by atoms with Gasteiger partial charge in [0.1, 0.15) is 29.6 Å². The molecule has 1 fully saturated rings. The Kier molecular flexibility index (Phi) is 8.72. The predicted octanol–water partition coefficient (Wildman–Crippen LogP) is 8.53. The smallest absolute Gasteiger partial charge is 0.418 e. The average molecular weight is 638 g/mol. The monoisotopic (exact) mass is 637 g/mol. The summed E-state index contributed by atoms with van der Waals surface area (Å²) in [6.07, 6.45) is -1.47. The van der Waals surface area contributed by atoms with E-state index in [-0.39, 0.29) is 58.4 Å². The van der Waals surface area contributed by atoms with Crippen molar-refractivity contribution in [3.8, 4) is 34.5 Å². The maximum atomic E-state index is 14.4. The van der Waals surface area contributed by atoms with Crippen LogP contribution >= 0.6 is 0 Å². The van der Waals surface area contributed by atoms with E-state index >= 15 is 0 Å². The summed E-state index contributed by atoms with van der Waals surface area (Å²) in [4.78, 5) is 13.1. The summed E-state index contributed by atoms with van der Waals surface area (Å²) in [6.45, 7) is 3.77. The van der Waals surface area contributed by atoms with Gasteiger partial charge in [-0.1, -0.05) is 30.3 Å². The van der Waals surface area contributed by atoms with Gasteiger partial charge in [0, 0.05) is 36.9 Å². The van der Waals surface area contributed by atoms with E-state index in [2.05, 4.69) is 9.97 Å². The summed E-state index contributed by atoms with van der Waals surface area (Å²) in [5.74, 6) is -2.12. The topological polar surface area (TPSA) is 75.6 Å². The lowest BCUT2D eigenvalue weighted by Crippen LogP contribution is -2.26. The van der Waals surface area contributed by atoms with Gasteiger partial charge in [-0.3, -0.25) is 0 Å². The first-order valence-corrected chi connectivity index (χ1v) is 14.5. The molecule has 0 amide bonds. The Morgan fingerprint density at radius 3 is 2.39 bits per heavy atom. The Morgan fingerprint density at radius 2 is 1.65 bits per heavy atom. The number of pyridine rings is 3. The standard InChI is InChI=1S/C34H28F5N3O4/c1-19-23(34(37,38)39)17-41-32(46-27-9-8-24(35)31(36)20(27)2)29(19)26-16-28(44-18-21-6-4-3-5-7-21)30-25(42-26)10-13-40-33(30)45-22-11-14-43-15-12-22/h3-10,13,16-17,22H,11-12,14-15,18H2,1-2H3. The van der Waals surface area contributed by atoms with Crippen molar-refractivity contribution in [1.82, 2.24) is 15.0 Å². The van der Waals surface area contributed by atoms with Crippen LogP contribution in [0, 0.1) is 25.5 Å². The minimum absolute atomic E-state index is 0.0464. The summed E-state index contributed by atoms with van der Waals surface area (Å²) in [7, 11) is 0. The van der Waals surface area contributed by atoms with E-state index in [4.69, 9.17) is 23.9 Å². The molecule has 3 aromatic heterocycles. The van der Waals surface area contributed by atoms with Gasteiger partial charge in [-0.2, -0.15) is 13.2 Å². The second-order valence-corrected chi connectivity index (χ2v) is 10.8. The number of ether oxygens (including phenoxy) is 4. The van der Waals surface area contributed by atoms with Crippen LogP contribution in [0.3, 0.4) is 0 Å². The molecule has 46 heavy (non-hydrogen) atoms. The molecule has 7 nitrogen and oxygen atoms in total. The van der Waals surface area contributed by atoms with Crippen LogP contribution in [0.1, 0.15) is 35.1 Å². The van der Waals surface area contributed by atoms with Gasteiger partial charge in [0.05, 0.1) is 35.6 Å². The summed E-state index contributed by atoms with van der Waals surface area (Å²) in [6, 6.07) is 14.5. The van der Waals surface area contributed by atoms with Crippen LogP contribution in [-0.2, 0) is 17.5 Å². The van der Waals surface area contributed by atoms with Gasteiger partial charge in [-0.15, -0.1) is 0 Å². The number of hydrogen-bond donors (Lipinski definition) is 0. The Hall–Kier alpha value is -4.84. The number of fused-ring (bicyclic) bond motifs is 1. The molecule has 4 heterocycles. The molecule has 1 saturated heterocycles. The van der Waals surface area contributed by atoms with Crippen molar-refractivity contribution in [3.05, 3.63) is 101 Å². The van der Waals surface area contributed by atoms with Crippen LogP contribution in [0.5, 0.6) is 23.3 Å². The third-order valence-corrected chi connectivity index (χ3v) is 7.69. The molecule has 0 spiro atoms. The van der Waals surface area contributed by atoms with E-state index in [1.807, 2.05) is 30.3 Å². The second-order valence-electron chi connectivity index (χ2n) is 10.8. The van der Waals surface area contributed by atoms with E-state index in [9.17, 15) is 22.0 Å². The van der Waals surface area contributed by atoms with Gasteiger partial charge >= 0.3 is 6.18 Å². The number of benzene rings is 2. The fraction of sp³-hybridized carbons (Fsp3) is 0.265. The third kappa shape index (κ3) is 6.43.